The van der Waals surface area contributed by atoms with Crippen molar-refractivity contribution in [3.63, 3.8) is 0 Å². The predicted octanol–water partition coefficient (Wildman–Crippen LogP) is 1.90. The van der Waals surface area contributed by atoms with E-state index < -0.39 is 0 Å². The van der Waals surface area contributed by atoms with E-state index in [1.165, 1.54) is 19.3 Å². The van der Waals surface area contributed by atoms with Crippen LogP contribution in [0.2, 0.25) is 0 Å². The molecule has 0 spiro atoms. The fraction of sp³-hybridized carbons (Fsp3) is 0.636. The van der Waals surface area contributed by atoms with Gasteiger partial charge in [0.15, 0.2) is 0 Å². The van der Waals surface area contributed by atoms with Gasteiger partial charge in [-0.3, -0.25) is 4.98 Å². The van der Waals surface area contributed by atoms with Gasteiger partial charge in [0.2, 0.25) is 0 Å². The van der Waals surface area contributed by atoms with E-state index in [1.807, 2.05) is 6.20 Å². The van der Waals surface area contributed by atoms with E-state index >= 15 is 0 Å². The molecule has 0 radical (unpaired) electrons. The largest absolute Gasteiger partial charge is 0.369 e. The van der Waals surface area contributed by atoms with Gasteiger partial charge in [0.1, 0.15) is 11.6 Å². The molecular weight excluding hydrogens is 188 g/mol. The van der Waals surface area contributed by atoms with Crippen LogP contribution in [0.5, 0.6) is 0 Å². The molecule has 0 amide bonds. The number of nitrogens with zero attached hydrogens (tertiary/aromatic N) is 3. The van der Waals surface area contributed by atoms with Crippen LogP contribution < -0.4 is 10.2 Å². The van der Waals surface area contributed by atoms with E-state index in [9.17, 15) is 0 Å². The quantitative estimate of drug-likeness (QED) is 0.820. The minimum absolute atomic E-state index is 0.876. The first kappa shape index (κ1) is 10.2. The van der Waals surface area contributed by atoms with E-state index in [4.69, 9.17) is 0 Å². The highest BCUT2D eigenvalue weighted by Gasteiger charge is 2.12. The van der Waals surface area contributed by atoms with Crippen molar-refractivity contribution in [2.75, 3.05) is 29.9 Å². The maximum Gasteiger partial charge on any atom is 0.149 e. The highest BCUT2D eigenvalue weighted by atomic mass is 15.2. The smallest absolute Gasteiger partial charge is 0.149 e. The number of piperidine rings is 1. The number of hydrogen-bond donors (Lipinski definition) is 1. The number of hydrogen-bond acceptors (Lipinski definition) is 4. The standard InChI is InChI=1S/C11H18N4/c1-2-13-10-8-12-9-11(14-10)15-6-4-3-5-7-15/h8-9H,2-7H2,1H3,(H,13,14). The Hall–Kier alpha value is -1.32. The van der Waals surface area contributed by atoms with E-state index in [-0.39, 0.29) is 0 Å². The molecule has 2 heterocycles. The lowest BCUT2D eigenvalue weighted by molar-refractivity contribution is 0.573. The normalized spacial score (nSPS) is 16.5. The van der Waals surface area contributed by atoms with Crippen LogP contribution in [-0.2, 0) is 0 Å². The van der Waals surface area contributed by atoms with Crippen LogP contribution in [0.4, 0.5) is 11.6 Å². The Bertz CT molecular complexity index is 307. The first-order valence-electron chi connectivity index (χ1n) is 5.71. The molecule has 4 nitrogen and oxygen atoms in total. The summed E-state index contributed by atoms with van der Waals surface area (Å²) in [7, 11) is 0. The highest BCUT2D eigenvalue weighted by Crippen LogP contribution is 2.17. The lowest BCUT2D eigenvalue weighted by Gasteiger charge is -2.27. The summed E-state index contributed by atoms with van der Waals surface area (Å²) in [4.78, 5) is 11.1. The van der Waals surface area contributed by atoms with Gasteiger partial charge in [-0.25, -0.2) is 4.98 Å². The van der Waals surface area contributed by atoms with Crippen LogP contribution in [0.15, 0.2) is 12.4 Å². The third kappa shape index (κ3) is 2.58. The van der Waals surface area contributed by atoms with Gasteiger partial charge in [0, 0.05) is 19.6 Å². The fourth-order valence-corrected chi connectivity index (χ4v) is 1.90. The van der Waals surface area contributed by atoms with Gasteiger partial charge >= 0.3 is 0 Å². The van der Waals surface area contributed by atoms with Gasteiger partial charge in [0.05, 0.1) is 12.4 Å². The lowest BCUT2D eigenvalue weighted by atomic mass is 10.1. The molecule has 1 fully saturated rings. The van der Waals surface area contributed by atoms with Crippen molar-refractivity contribution in [3.05, 3.63) is 12.4 Å². The summed E-state index contributed by atoms with van der Waals surface area (Å²) < 4.78 is 0. The zero-order chi connectivity index (χ0) is 10.5. The monoisotopic (exact) mass is 206 g/mol. The molecule has 1 aliphatic rings. The number of nitrogens with one attached hydrogen (secondary N) is 1. The average Bonchev–Trinajstić information content (AvgIpc) is 2.31. The number of aromatic nitrogens is 2. The fourth-order valence-electron chi connectivity index (χ4n) is 1.90. The van der Waals surface area contributed by atoms with Gasteiger partial charge in [-0.1, -0.05) is 0 Å². The molecule has 82 valence electrons. The van der Waals surface area contributed by atoms with Crippen molar-refractivity contribution in [1.82, 2.24) is 9.97 Å². The summed E-state index contributed by atoms with van der Waals surface area (Å²) in [5.74, 6) is 1.88. The minimum atomic E-state index is 0.876. The topological polar surface area (TPSA) is 41.1 Å². The predicted molar refractivity (Wildman–Crippen MR) is 62.3 cm³/mol. The van der Waals surface area contributed by atoms with Crippen LogP contribution in [0.3, 0.4) is 0 Å². The number of rotatable bonds is 3. The van der Waals surface area contributed by atoms with E-state index in [0.29, 0.717) is 0 Å². The zero-order valence-corrected chi connectivity index (χ0v) is 9.24. The molecule has 4 heteroatoms. The molecule has 1 saturated heterocycles. The van der Waals surface area contributed by atoms with E-state index in [2.05, 4.69) is 27.1 Å². The van der Waals surface area contributed by atoms with E-state index in [1.54, 1.807) is 6.20 Å². The Balaban J connectivity index is 2.09. The van der Waals surface area contributed by atoms with Crippen molar-refractivity contribution in [3.8, 4) is 0 Å². The van der Waals surface area contributed by atoms with Crippen LogP contribution in [0.1, 0.15) is 26.2 Å². The van der Waals surface area contributed by atoms with Crippen LogP contribution in [0, 0.1) is 0 Å². The minimum Gasteiger partial charge on any atom is -0.369 e. The van der Waals surface area contributed by atoms with Crippen molar-refractivity contribution >= 4 is 11.6 Å². The highest BCUT2D eigenvalue weighted by molar-refractivity contribution is 5.43. The molecular formula is C11H18N4. The maximum absolute atomic E-state index is 4.54. The molecule has 2 rings (SSSR count). The molecule has 1 aromatic heterocycles. The lowest BCUT2D eigenvalue weighted by Crippen LogP contribution is -2.30. The zero-order valence-electron chi connectivity index (χ0n) is 9.24. The molecule has 1 aliphatic heterocycles. The van der Waals surface area contributed by atoms with Gasteiger partial charge in [-0.15, -0.1) is 0 Å². The molecule has 15 heavy (non-hydrogen) atoms. The van der Waals surface area contributed by atoms with Crippen molar-refractivity contribution in [1.29, 1.82) is 0 Å². The molecule has 0 aromatic carbocycles. The molecule has 0 saturated carbocycles. The average molecular weight is 206 g/mol. The van der Waals surface area contributed by atoms with Gasteiger partial charge in [0.25, 0.3) is 0 Å². The van der Waals surface area contributed by atoms with E-state index in [0.717, 1.165) is 31.3 Å². The van der Waals surface area contributed by atoms with Crippen molar-refractivity contribution in [2.24, 2.45) is 0 Å². The van der Waals surface area contributed by atoms with Gasteiger partial charge in [-0.2, -0.15) is 0 Å². The third-order valence-corrected chi connectivity index (χ3v) is 2.66. The molecule has 0 unspecified atom stereocenters. The second kappa shape index (κ2) is 4.96. The van der Waals surface area contributed by atoms with Crippen LogP contribution in [-0.4, -0.2) is 29.6 Å². The molecule has 0 aliphatic carbocycles. The Morgan fingerprint density at radius 3 is 2.80 bits per heavy atom. The summed E-state index contributed by atoms with van der Waals surface area (Å²) in [6, 6.07) is 0. The summed E-state index contributed by atoms with van der Waals surface area (Å²) >= 11 is 0. The molecule has 1 aromatic rings. The Morgan fingerprint density at radius 2 is 2.07 bits per heavy atom. The Kier molecular flexibility index (Phi) is 3.37. The second-order valence-corrected chi connectivity index (χ2v) is 3.84. The van der Waals surface area contributed by atoms with Crippen molar-refractivity contribution < 1.29 is 0 Å². The van der Waals surface area contributed by atoms with Crippen LogP contribution >= 0.6 is 0 Å². The SMILES string of the molecule is CCNc1cncc(N2CCCCC2)n1. The van der Waals surface area contributed by atoms with Gasteiger partial charge in [-0.05, 0) is 26.2 Å². The van der Waals surface area contributed by atoms with Crippen molar-refractivity contribution in [2.45, 2.75) is 26.2 Å². The third-order valence-electron chi connectivity index (χ3n) is 2.66. The van der Waals surface area contributed by atoms with Gasteiger partial charge < -0.3 is 10.2 Å². The molecule has 0 atom stereocenters. The molecule has 1 N–H and O–H groups in total. The summed E-state index contributed by atoms with van der Waals surface area (Å²) in [5.41, 5.74) is 0. The maximum atomic E-state index is 4.54. The Labute approximate surface area is 90.7 Å². The number of anilines is 2. The van der Waals surface area contributed by atoms with Crippen LogP contribution in [0.25, 0.3) is 0 Å². The Morgan fingerprint density at radius 1 is 1.27 bits per heavy atom. The summed E-state index contributed by atoms with van der Waals surface area (Å²) in [6.07, 6.45) is 7.51. The first-order valence-corrected chi connectivity index (χ1v) is 5.71. The summed E-state index contributed by atoms with van der Waals surface area (Å²) in [5, 5.41) is 3.19. The first-order chi connectivity index (χ1) is 7.40. The summed E-state index contributed by atoms with van der Waals surface area (Å²) in [6.45, 7) is 5.18. The molecule has 0 bridgehead atoms. The second-order valence-electron chi connectivity index (χ2n) is 3.84.